The minimum Gasteiger partial charge on any atom is -0.328 e. The van der Waals surface area contributed by atoms with Crippen LogP contribution in [0.25, 0.3) is 0 Å². The molecule has 0 aliphatic carbocycles. The molecule has 2 aliphatic rings. The van der Waals surface area contributed by atoms with Crippen molar-refractivity contribution in [1.29, 1.82) is 0 Å². The van der Waals surface area contributed by atoms with E-state index in [9.17, 15) is 10.1 Å². The van der Waals surface area contributed by atoms with Crippen LogP contribution in [0.2, 0.25) is 5.02 Å². The maximum absolute atomic E-state index is 11.1. The molecule has 1 aromatic carbocycles. The predicted octanol–water partition coefficient (Wildman–Crippen LogP) is 2.70. The maximum atomic E-state index is 11.1. The van der Waals surface area contributed by atoms with Gasteiger partial charge in [0, 0.05) is 41.3 Å². The highest BCUT2D eigenvalue weighted by atomic mass is 35.5. The molecule has 2 aliphatic heterocycles. The number of nitro groups is 1. The molecule has 0 radical (unpaired) electrons. The standard InChI is InChI=1S/C14H18ClN3O2/c15-10-1-4-14(18(19)20)9(5-10)8-17-12-2-3-13(17)7-11(16)6-12/h1,4-5,11-13H,2-3,6-8,16H2. The van der Waals surface area contributed by atoms with Crippen LogP contribution in [0.15, 0.2) is 18.2 Å². The molecular weight excluding hydrogens is 278 g/mol. The van der Waals surface area contributed by atoms with Crippen molar-refractivity contribution < 1.29 is 4.92 Å². The number of hydrogen-bond acceptors (Lipinski definition) is 4. The third-order valence-electron chi connectivity index (χ3n) is 4.51. The number of nitrogens with two attached hydrogens (primary N) is 1. The second-order valence-corrected chi connectivity index (χ2v) is 6.26. The lowest BCUT2D eigenvalue weighted by Gasteiger charge is -2.37. The fourth-order valence-electron chi connectivity index (χ4n) is 3.63. The van der Waals surface area contributed by atoms with E-state index < -0.39 is 0 Å². The molecule has 2 heterocycles. The van der Waals surface area contributed by atoms with E-state index in [0.29, 0.717) is 29.2 Å². The molecule has 3 rings (SSSR count). The monoisotopic (exact) mass is 295 g/mol. The van der Waals surface area contributed by atoms with E-state index in [1.807, 2.05) is 0 Å². The van der Waals surface area contributed by atoms with Gasteiger partial charge in [-0.05, 0) is 37.8 Å². The number of nitro benzene ring substituents is 1. The van der Waals surface area contributed by atoms with E-state index in [1.54, 1.807) is 12.1 Å². The highest BCUT2D eigenvalue weighted by Gasteiger charge is 2.40. The third kappa shape index (κ3) is 2.53. The number of fused-ring (bicyclic) bond motifs is 2. The molecule has 0 aromatic heterocycles. The van der Waals surface area contributed by atoms with Crippen molar-refractivity contribution in [3.05, 3.63) is 38.9 Å². The summed E-state index contributed by atoms with van der Waals surface area (Å²) in [5.74, 6) is 0. The van der Waals surface area contributed by atoms with Gasteiger partial charge in [-0.3, -0.25) is 15.0 Å². The Morgan fingerprint density at radius 1 is 1.35 bits per heavy atom. The molecule has 0 spiro atoms. The summed E-state index contributed by atoms with van der Waals surface area (Å²) in [4.78, 5) is 13.2. The number of rotatable bonds is 3. The molecular formula is C14H18ClN3O2. The minimum atomic E-state index is -0.330. The zero-order valence-corrected chi connectivity index (χ0v) is 11.9. The van der Waals surface area contributed by atoms with Crippen molar-refractivity contribution in [2.75, 3.05) is 0 Å². The first kappa shape index (κ1) is 13.8. The molecule has 2 N–H and O–H groups in total. The average Bonchev–Trinajstić information content (AvgIpc) is 2.62. The van der Waals surface area contributed by atoms with Gasteiger partial charge in [0.05, 0.1) is 4.92 Å². The van der Waals surface area contributed by atoms with Gasteiger partial charge in [-0.2, -0.15) is 0 Å². The number of benzene rings is 1. The van der Waals surface area contributed by atoms with Crippen LogP contribution in [0.3, 0.4) is 0 Å². The molecule has 108 valence electrons. The van der Waals surface area contributed by atoms with Gasteiger partial charge in [-0.1, -0.05) is 11.6 Å². The molecule has 2 unspecified atom stereocenters. The zero-order chi connectivity index (χ0) is 14.3. The van der Waals surface area contributed by atoms with Crippen molar-refractivity contribution in [2.45, 2.75) is 50.4 Å². The average molecular weight is 296 g/mol. The SMILES string of the molecule is NC1CC2CCC(C1)N2Cc1cc(Cl)ccc1[N+](=O)[O-]. The molecule has 0 saturated carbocycles. The maximum Gasteiger partial charge on any atom is 0.273 e. The Morgan fingerprint density at radius 2 is 2.00 bits per heavy atom. The summed E-state index contributed by atoms with van der Waals surface area (Å²) in [5, 5.41) is 11.7. The van der Waals surface area contributed by atoms with Crippen molar-refractivity contribution >= 4 is 17.3 Å². The fraction of sp³-hybridized carbons (Fsp3) is 0.571. The molecule has 0 amide bonds. The third-order valence-corrected chi connectivity index (χ3v) is 4.75. The number of piperidine rings is 1. The van der Waals surface area contributed by atoms with Gasteiger partial charge < -0.3 is 5.73 Å². The topological polar surface area (TPSA) is 72.4 Å². The molecule has 5 nitrogen and oxygen atoms in total. The van der Waals surface area contributed by atoms with Crippen molar-refractivity contribution in [3.63, 3.8) is 0 Å². The number of halogens is 1. The summed E-state index contributed by atoms with van der Waals surface area (Å²) in [6, 6.07) is 5.98. The van der Waals surface area contributed by atoms with E-state index >= 15 is 0 Å². The van der Waals surface area contributed by atoms with Gasteiger partial charge in [0.2, 0.25) is 0 Å². The smallest absolute Gasteiger partial charge is 0.273 e. The minimum absolute atomic E-state index is 0.156. The lowest BCUT2D eigenvalue weighted by molar-refractivity contribution is -0.385. The van der Waals surface area contributed by atoms with Crippen LogP contribution in [0, 0.1) is 10.1 Å². The van der Waals surface area contributed by atoms with E-state index in [0.717, 1.165) is 25.7 Å². The second-order valence-electron chi connectivity index (χ2n) is 5.82. The van der Waals surface area contributed by atoms with Crippen molar-refractivity contribution in [1.82, 2.24) is 4.90 Å². The normalized spacial score (nSPS) is 29.6. The molecule has 2 saturated heterocycles. The van der Waals surface area contributed by atoms with Gasteiger partial charge in [-0.15, -0.1) is 0 Å². The molecule has 2 atom stereocenters. The van der Waals surface area contributed by atoms with Gasteiger partial charge in [0.1, 0.15) is 0 Å². The molecule has 6 heteroatoms. The Bertz CT molecular complexity index is 523. The lowest BCUT2D eigenvalue weighted by atomic mass is 9.97. The Balaban J connectivity index is 1.85. The zero-order valence-electron chi connectivity index (χ0n) is 11.2. The molecule has 2 bridgehead atoms. The summed E-state index contributed by atoms with van der Waals surface area (Å²) in [5.41, 5.74) is 6.92. The van der Waals surface area contributed by atoms with E-state index in [4.69, 9.17) is 17.3 Å². The fourth-order valence-corrected chi connectivity index (χ4v) is 3.82. The lowest BCUT2D eigenvalue weighted by Crippen LogP contribution is -2.46. The summed E-state index contributed by atoms with van der Waals surface area (Å²) in [6.45, 7) is 0.596. The van der Waals surface area contributed by atoms with Crippen LogP contribution in [0.4, 0.5) is 5.69 Å². The first-order valence-corrected chi connectivity index (χ1v) is 7.36. The first-order valence-electron chi connectivity index (χ1n) is 6.98. The van der Waals surface area contributed by atoms with Gasteiger partial charge in [0.25, 0.3) is 5.69 Å². The number of hydrogen-bond donors (Lipinski definition) is 1. The number of nitrogens with zero attached hydrogens (tertiary/aromatic N) is 2. The van der Waals surface area contributed by atoms with Gasteiger partial charge in [-0.25, -0.2) is 0 Å². The van der Waals surface area contributed by atoms with Crippen LogP contribution in [0.1, 0.15) is 31.2 Å². The van der Waals surface area contributed by atoms with Gasteiger partial charge >= 0.3 is 0 Å². The van der Waals surface area contributed by atoms with E-state index in [1.165, 1.54) is 6.07 Å². The largest absolute Gasteiger partial charge is 0.328 e. The Hall–Kier alpha value is -1.17. The van der Waals surface area contributed by atoms with E-state index in [-0.39, 0.29) is 16.7 Å². The van der Waals surface area contributed by atoms with Crippen LogP contribution >= 0.6 is 11.6 Å². The first-order chi connectivity index (χ1) is 9.54. The van der Waals surface area contributed by atoms with Crippen molar-refractivity contribution in [2.24, 2.45) is 5.73 Å². The van der Waals surface area contributed by atoms with Crippen LogP contribution in [0.5, 0.6) is 0 Å². The van der Waals surface area contributed by atoms with Gasteiger partial charge in [0.15, 0.2) is 0 Å². The van der Waals surface area contributed by atoms with Crippen molar-refractivity contribution in [3.8, 4) is 0 Å². The quantitative estimate of drug-likeness (QED) is 0.687. The van der Waals surface area contributed by atoms with E-state index in [2.05, 4.69) is 4.90 Å². The molecule has 20 heavy (non-hydrogen) atoms. The highest BCUT2D eigenvalue weighted by Crippen LogP contribution is 2.37. The summed E-state index contributed by atoms with van der Waals surface area (Å²) in [6.07, 6.45) is 4.27. The summed E-state index contributed by atoms with van der Waals surface area (Å²) >= 11 is 5.99. The summed E-state index contributed by atoms with van der Waals surface area (Å²) in [7, 11) is 0. The highest BCUT2D eigenvalue weighted by molar-refractivity contribution is 6.30. The Morgan fingerprint density at radius 3 is 2.60 bits per heavy atom. The second kappa shape index (κ2) is 5.31. The Labute approximate surface area is 122 Å². The summed E-state index contributed by atoms with van der Waals surface area (Å²) < 4.78 is 0. The van der Waals surface area contributed by atoms with Crippen LogP contribution in [-0.4, -0.2) is 27.9 Å². The molecule has 2 fully saturated rings. The van der Waals surface area contributed by atoms with Crippen LogP contribution < -0.4 is 5.73 Å². The van der Waals surface area contributed by atoms with Crippen LogP contribution in [-0.2, 0) is 6.54 Å². The molecule has 1 aromatic rings. The Kier molecular flexibility index (Phi) is 3.67. The predicted molar refractivity (Wildman–Crippen MR) is 77.7 cm³/mol.